The first-order chi connectivity index (χ1) is 11.1. The van der Waals surface area contributed by atoms with Crippen LogP contribution in [0.15, 0.2) is 40.6 Å². The molecule has 24 heavy (non-hydrogen) atoms. The fourth-order valence-corrected chi connectivity index (χ4v) is 5.19. The van der Waals surface area contributed by atoms with Crippen molar-refractivity contribution in [1.29, 1.82) is 0 Å². The van der Waals surface area contributed by atoms with E-state index in [2.05, 4.69) is 0 Å². The molecule has 2 aromatic rings. The lowest BCUT2D eigenvalue weighted by atomic mass is 10.3. The molecule has 0 bridgehead atoms. The maximum Gasteiger partial charge on any atom is 0.273 e. The number of rotatable bonds is 6. The van der Waals surface area contributed by atoms with Gasteiger partial charge in [-0.25, -0.2) is 16.8 Å². The molecule has 9 heteroatoms. The van der Waals surface area contributed by atoms with Crippen LogP contribution in [-0.2, 0) is 26.5 Å². The molecule has 6 nitrogen and oxygen atoms in total. The molecule has 0 unspecified atom stereocenters. The number of benzene rings is 1. The second-order valence-corrected chi connectivity index (χ2v) is 10.7. The van der Waals surface area contributed by atoms with Crippen molar-refractivity contribution in [3.8, 4) is 0 Å². The molecule has 0 aliphatic heterocycles. The Labute approximate surface area is 147 Å². The van der Waals surface area contributed by atoms with Gasteiger partial charge in [-0.2, -0.15) is 0 Å². The Morgan fingerprint density at radius 3 is 1.79 bits per heavy atom. The Morgan fingerprint density at radius 1 is 0.875 bits per heavy atom. The summed E-state index contributed by atoms with van der Waals surface area (Å²) >= 11 is 1.26. The Bertz CT molecular complexity index is 916. The van der Waals surface area contributed by atoms with Crippen LogP contribution in [0.1, 0.15) is 11.8 Å². The minimum absolute atomic E-state index is 0.291. The number of hydrogen-bond donors (Lipinski definition) is 0. The fourth-order valence-electron chi connectivity index (χ4n) is 2.02. The predicted molar refractivity (Wildman–Crippen MR) is 99.0 cm³/mol. The molecule has 1 aromatic carbocycles. The maximum absolute atomic E-state index is 12.7. The van der Waals surface area contributed by atoms with Gasteiger partial charge in [0.15, 0.2) is 0 Å². The van der Waals surface area contributed by atoms with Crippen LogP contribution in [0, 0.1) is 0 Å². The number of anilines is 2. The lowest BCUT2D eigenvalue weighted by Crippen LogP contribution is -2.26. The van der Waals surface area contributed by atoms with E-state index in [1.165, 1.54) is 29.7 Å². The van der Waals surface area contributed by atoms with Gasteiger partial charge in [-0.3, -0.25) is 8.61 Å². The summed E-state index contributed by atoms with van der Waals surface area (Å²) in [5, 5.41) is 0. The third-order valence-corrected chi connectivity index (χ3v) is 8.36. The first-order valence-corrected chi connectivity index (χ1v) is 11.3. The van der Waals surface area contributed by atoms with Gasteiger partial charge in [0.05, 0.1) is 17.6 Å². The van der Waals surface area contributed by atoms with Gasteiger partial charge in [0.2, 0.25) is 10.0 Å². The third kappa shape index (κ3) is 3.73. The summed E-state index contributed by atoms with van der Waals surface area (Å²) < 4.78 is 51.1. The second-order valence-electron chi connectivity index (χ2n) is 5.29. The standard InChI is InChI=1S/C15H20N2O4S3/c1-5-14-10-11-15(22-14)24(20,21)17(3)13-8-6-12(7-9-13)16(2)23(4,18)19/h6-11H,5H2,1-4H3. The van der Waals surface area contributed by atoms with Crippen LogP contribution in [0.25, 0.3) is 0 Å². The highest BCUT2D eigenvalue weighted by molar-refractivity contribution is 7.94. The van der Waals surface area contributed by atoms with Crippen LogP contribution in [0.4, 0.5) is 11.4 Å². The molecule has 132 valence electrons. The van der Waals surface area contributed by atoms with Gasteiger partial charge in [0.25, 0.3) is 10.0 Å². The van der Waals surface area contributed by atoms with E-state index in [9.17, 15) is 16.8 Å². The van der Waals surface area contributed by atoms with Gasteiger partial charge < -0.3 is 0 Å². The number of nitrogens with zero attached hydrogens (tertiary/aromatic N) is 2. The SMILES string of the molecule is CCc1ccc(S(=O)(=O)N(C)c2ccc(N(C)S(C)(=O)=O)cc2)s1. The van der Waals surface area contributed by atoms with E-state index in [0.29, 0.717) is 15.6 Å². The molecular weight excluding hydrogens is 368 g/mol. The molecule has 0 saturated carbocycles. The Kier molecular flexibility index (Phi) is 5.26. The summed E-state index contributed by atoms with van der Waals surface area (Å²) in [6, 6.07) is 9.76. The summed E-state index contributed by atoms with van der Waals surface area (Å²) in [5.41, 5.74) is 0.934. The van der Waals surface area contributed by atoms with E-state index in [1.54, 1.807) is 30.3 Å². The average molecular weight is 389 g/mol. The van der Waals surface area contributed by atoms with Crippen molar-refractivity contribution in [1.82, 2.24) is 0 Å². The van der Waals surface area contributed by atoms with Gasteiger partial charge in [-0.05, 0) is 42.8 Å². The van der Waals surface area contributed by atoms with Gasteiger partial charge >= 0.3 is 0 Å². The Balaban J connectivity index is 2.31. The topological polar surface area (TPSA) is 74.8 Å². The van der Waals surface area contributed by atoms with Crippen molar-refractivity contribution in [3.05, 3.63) is 41.3 Å². The first kappa shape index (κ1) is 18.8. The van der Waals surface area contributed by atoms with Gasteiger partial charge in [0.1, 0.15) is 4.21 Å². The molecule has 0 radical (unpaired) electrons. The Hall–Kier alpha value is -1.58. The molecule has 1 aromatic heterocycles. The zero-order chi connectivity index (χ0) is 18.1. The molecule has 0 amide bonds. The molecule has 0 aliphatic rings. The van der Waals surface area contributed by atoms with Crippen LogP contribution >= 0.6 is 11.3 Å². The molecule has 0 N–H and O–H groups in total. The summed E-state index contributed by atoms with van der Waals surface area (Å²) in [6.07, 6.45) is 1.90. The number of aryl methyl sites for hydroxylation is 1. The van der Waals surface area contributed by atoms with E-state index in [4.69, 9.17) is 0 Å². The van der Waals surface area contributed by atoms with Crippen LogP contribution in [0.3, 0.4) is 0 Å². The maximum atomic E-state index is 12.7. The lowest BCUT2D eigenvalue weighted by molar-refractivity contribution is 0.595. The molecular formula is C15H20N2O4S3. The first-order valence-electron chi connectivity index (χ1n) is 7.19. The van der Waals surface area contributed by atoms with E-state index in [0.717, 1.165) is 21.9 Å². The highest BCUT2D eigenvalue weighted by atomic mass is 32.2. The van der Waals surface area contributed by atoms with Crippen molar-refractivity contribution in [3.63, 3.8) is 0 Å². The molecule has 0 spiro atoms. The van der Waals surface area contributed by atoms with Crippen LogP contribution in [0.5, 0.6) is 0 Å². The van der Waals surface area contributed by atoms with Crippen LogP contribution in [0.2, 0.25) is 0 Å². The number of sulfonamides is 2. The largest absolute Gasteiger partial charge is 0.274 e. The normalized spacial score (nSPS) is 12.2. The summed E-state index contributed by atoms with van der Waals surface area (Å²) in [6.45, 7) is 1.98. The molecule has 0 saturated heterocycles. The second kappa shape index (κ2) is 6.73. The van der Waals surface area contributed by atoms with Crippen molar-refractivity contribution in [2.45, 2.75) is 17.6 Å². The highest BCUT2D eigenvalue weighted by Gasteiger charge is 2.23. The molecule has 0 aliphatic carbocycles. The van der Waals surface area contributed by atoms with E-state index >= 15 is 0 Å². The van der Waals surface area contributed by atoms with Gasteiger partial charge in [0, 0.05) is 19.0 Å². The number of hydrogen-bond acceptors (Lipinski definition) is 5. The van der Waals surface area contributed by atoms with Crippen LogP contribution in [-0.4, -0.2) is 37.2 Å². The fraction of sp³-hybridized carbons (Fsp3) is 0.333. The van der Waals surface area contributed by atoms with Crippen LogP contribution < -0.4 is 8.61 Å². The van der Waals surface area contributed by atoms with E-state index in [-0.39, 0.29) is 0 Å². The highest BCUT2D eigenvalue weighted by Crippen LogP contribution is 2.29. The zero-order valence-corrected chi connectivity index (χ0v) is 16.4. The predicted octanol–water partition coefficient (Wildman–Crippen LogP) is 2.53. The monoisotopic (exact) mass is 388 g/mol. The van der Waals surface area contributed by atoms with Crippen molar-refractivity contribution >= 4 is 42.8 Å². The zero-order valence-electron chi connectivity index (χ0n) is 13.9. The minimum Gasteiger partial charge on any atom is -0.274 e. The summed E-state index contributed by atoms with van der Waals surface area (Å²) in [7, 11) is -4.05. The summed E-state index contributed by atoms with van der Waals surface area (Å²) in [4.78, 5) is 1.01. The quantitative estimate of drug-likeness (QED) is 0.762. The lowest BCUT2D eigenvalue weighted by Gasteiger charge is -2.21. The van der Waals surface area contributed by atoms with E-state index in [1.807, 2.05) is 13.0 Å². The molecule has 0 fully saturated rings. The van der Waals surface area contributed by atoms with Gasteiger partial charge in [-0.1, -0.05) is 6.92 Å². The molecule has 2 rings (SSSR count). The smallest absolute Gasteiger partial charge is 0.273 e. The average Bonchev–Trinajstić information content (AvgIpc) is 3.02. The number of thiophene rings is 1. The van der Waals surface area contributed by atoms with Gasteiger partial charge in [-0.15, -0.1) is 11.3 Å². The molecule has 0 atom stereocenters. The van der Waals surface area contributed by atoms with Crippen molar-refractivity contribution in [2.75, 3.05) is 29.0 Å². The van der Waals surface area contributed by atoms with Crippen molar-refractivity contribution < 1.29 is 16.8 Å². The minimum atomic E-state index is -3.62. The third-order valence-electron chi connectivity index (χ3n) is 3.67. The molecule has 1 heterocycles. The van der Waals surface area contributed by atoms with Crippen molar-refractivity contribution in [2.24, 2.45) is 0 Å². The van der Waals surface area contributed by atoms with E-state index < -0.39 is 20.0 Å². The Morgan fingerprint density at radius 2 is 1.38 bits per heavy atom. The summed E-state index contributed by atoms with van der Waals surface area (Å²) in [5.74, 6) is 0.